The van der Waals surface area contributed by atoms with Gasteiger partial charge in [0, 0.05) is 17.8 Å². The summed E-state index contributed by atoms with van der Waals surface area (Å²) < 4.78 is 12.9. The van der Waals surface area contributed by atoms with Gasteiger partial charge < -0.3 is 5.11 Å². The summed E-state index contributed by atoms with van der Waals surface area (Å²) in [7, 11) is 0. The first-order valence-electron chi connectivity index (χ1n) is 4.46. The summed E-state index contributed by atoms with van der Waals surface area (Å²) in [4.78, 5) is 21.5. The highest BCUT2D eigenvalue weighted by atomic mass is 35.5. The number of carboxylic acids is 1. The van der Waals surface area contributed by atoms with Gasteiger partial charge in [0.25, 0.3) is 0 Å². The van der Waals surface area contributed by atoms with Crippen molar-refractivity contribution in [3.05, 3.63) is 41.3 Å². The summed E-state index contributed by atoms with van der Waals surface area (Å²) >= 11 is 5.59. The van der Waals surface area contributed by atoms with E-state index in [1.165, 1.54) is 18.3 Å². The molecule has 0 spiro atoms. The van der Waals surface area contributed by atoms with Crippen LogP contribution in [0.15, 0.2) is 24.4 Å². The van der Waals surface area contributed by atoms with E-state index in [9.17, 15) is 9.18 Å². The monoisotopic (exact) mass is 253 g/mol. The zero-order valence-corrected chi connectivity index (χ0v) is 9.02. The van der Waals surface area contributed by atoms with Crippen LogP contribution >= 0.6 is 11.6 Å². The van der Waals surface area contributed by atoms with E-state index in [0.717, 1.165) is 6.07 Å². The third-order valence-corrected chi connectivity index (χ3v) is 2.11. The van der Waals surface area contributed by atoms with Gasteiger partial charge in [-0.3, -0.25) is 0 Å². The van der Waals surface area contributed by atoms with Gasteiger partial charge in [-0.2, -0.15) is 4.39 Å². The predicted molar refractivity (Wildman–Crippen MR) is 57.2 cm³/mol. The Morgan fingerprint density at radius 1 is 1.35 bits per heavy atom. The van der Waals surface area contributed by atoms with Crippen LogP contribution in [0.4, 0.5) is 4.39 Å². The molecule has 0 aliphatic rings. The molecule has 0 saturated heterocycles. The van der Waals surface area contributed by atoms with Gasteiger partial charge in [0.1, 0.15) is 0 Å². The highest BCUT2D eigenvalue weighted by Crippen LogP contribution is 2.19. The molecule has 0 atom stereocenters. The highest BCUT2D eigenvalue weighted by Gasteiger charge is 2.11. The van der Waals surface area contributed by atoms with Crippen molar-refractivity contribution < 1.29 is 14.3 Å². The Morgan fingerprint density at radius 2 is 2.12 bits per heavy atom. The highest BCUT2D eigenvalue weighted by molar-refractivity contribution is 6.28. The molecule has 0 aliphatic carbocycles. The molecule has 1 N–H and O–H groups in total. The average molecular weight is 254 g/mol. The first-order valence-corrected chi connectivity index (χ1v) is 4.84. The summed E-state index contributed by atoms with van der Waals surface area (Å²) in [6, 6.07) is 3.83. The van der Waals surface area contributed by atoms with E-state index >= 15 is 0 Å². The molecule has 0 aromatic carbocycles. The van der Waals surface area contributed by atoms with E-state index in [-0.39, 0.29) is 16.7 Å². The maximum absolute atomic E-state index is 12.9. The minimum absolute atomic E-state index is 0.211. The van der Waals surface area contributed by atoms with Gasteiger partial charge in [0.15, 0.2) is 5.69 Å². The maximum Gasteiger partial charge on any atom is 0.354 e. The van der Waals surface area contributed by atoms with Gasteiger partial charge in [-0.05, 0) is 23.7 Å². The summed E-state index contributed by atoms with van der Waals surface area (Å²) in [5, 5.41) is 8.59. The van der Waals surface area contributed by atoms with Crippen molar-refractivity contribution in [2.24, 2.45) is 0 Å². The number of hydrogen-bond donors (Lipinski definition) is 1. The Hall–Kier alpha value is -2.08. The van der Waals surface area contributed by atoms with Gasteiger partial charge in [0.2, 0.25) is 11.2 Å². The largest absolute Gasteiger partial charge is 0.477 e. The van der Waals surface area contributed by atoms with Gasteiger partial charge in [-0.25, -0.2) is 19.7 Å². The van der Waals surface area contributed by atoms with Crippen molar-refractivity contribution in [2.45, 2.75) is 0 Å². The van der Waals surface area contributed by atoms with E-state index in [4.69, 9.17) is 16.7 Å². The lowest BCUT2D eigenvalue weighted by atomic mass is 10.2. The zero-order chi connectivity index (χ0) is 12.4. The molecule has 0 unspecified atom stereocenters. The number of pyridine rings is 1. The topological polar surface area (TPSA) is 76.0 Å². The van der Waals surface area contributed by atoms with Crippen molar-refractivity contribution in [3.8, 4) is 11.3 Å². The lowest BCUT2D eigenvalue weighted by Crippen LogP contribution is -2.02. The molecule has 5 nitrogen and oxygen atoms in total. The second kappa shape index (κ2) is 4.42. The van der Waals surface area contributed by atoms with Gasteiger partial charge in [-0.15, -0.1) is 0 Å². The fourth-order valence-electron chi connectivity index (χ4n) is 1.24. The molecule has 7 heteroatoms. The minimum Gasteiger partial charge on any atom is -0.477 e. The van der Waals surface area contributed by atoms with Crippen LogP contribution in [-0.2, 0) is 0 Å². The van der Waals surface area contributed by atoms with E-state index in [1.807, 2.05) is 0 Å². The number of rotatable bonds is 2. The molecule has 2 rings (SSSR count). The van der Waals surface area contributed by atoms with E-state index in [2.05, 4.69) is 15.0 Å². The predicted octanol–water partition coefficient (Wildman–Crippen LogP) is 2.03. The molecular formula is C10H5ClFN3O2. The molecule has 0 fully saturated rings. The Balaban J connectivity index is 2.56. The second-order valence-electron chi connectivity index (χ2n) is 3.08. The van der Waals surface area contributed by atoms with Crippen molar-refractivity contribution in [1.29, 1.82) is 0 Å². The normalized spacial score (nSPS) is 10.2. The van der Waals surface area contributed by atoms with Crippen LogP contribution in [0.25, 0.3) is 11.3 Å². The van der Waals surface area contributed by atoms with Crippen molar-refractivity contribution in [3.63, 3.8) is 0 Å². The molecule has 2 aromatic rings. The summed E-state index contributed by atoms with van der Waals surface area (Å²) in [5.41, 5.74) is 0.352. The molecule has 86 valence electrons. The number of aromatic nitrogens is 3. The number of halogens is 2. The van der Waals surface area contributed by atoms with Crippen LogP contribution in [0.1, 0.15) is 10.5 Å². The van der Waals surface area contributed by atoms with Gasteiger partial charge in [0.05, 0.1) is 5.69 Å². The zero-order valence-electron chi connectivity index (χ0n) is 8.26. The fourth-order valence-corrected chi connectivity index (χ4v) is 1.42. The molecule has 0 saturated carbocycles. The summed E-state index contributed by atoms with van der Waals surface area (Å²) in [6.45, 7) is 0. The fraction of sp³-hybridized carbons (Fsp3) is 0. The lowest BCUT2D eigenvalue weighted by Gasteiger charge is -2.02. The minimum atomic E-state index is -1.23. The van der Waals surface area contributed by atoms with Crippen molar-refractivity contribution >= 4 is 17.6 Å². The molecule has 0 amide bonds. The first kappa shape index (κ1) is 11.4. The Morgan fingerprint density at radius 3 is 2.76 bits per heavy atom. The third kappa shape index (κ3) is 2.54. The number of aromatic carboxylic acids is 1. The smallest absolute Gasteiger partial charge is 0.354 e. The molecule has 0 bridgehead atoms. The second-order valence-corrected chi connectivity index (χ2v) is 3.42. The van der Waals surface area contributed by atoms with Crippen LogP contribution in [-0.4, -0.2) is 26.0 Å². The molecular weight excluding hydrogens is 249 g/mol. The van der Waals surface area contributed by atoms with Crippen molar-refractivity contribution in [1.82, 2.24) is 15.0 Å². The van der Waals surface area contributed by atoms with Crippen LogP contribution in [0.2, 0.25) is 5.28 Å². The molecule has 0 radical (unpaired) electrons. The Bertz CT molecular complexity index is 592. The molecule has 0 aliphatic heterocycles. The third-order valence-electron chi connectivity index (χ3n) is 1.94. The maximum atomic E-state index is 12.9. The van der Waals surface area contributed by atoms with Crippen LogP contribution in [0, 0.1) is 5.95 Å². The summed E-state index contributed by atoms with van der Waals surface area (Å²) in [5.74, 6) is -1.92. The van der Waals surface area contributed by atoms with Crippen LogP contribution in [0.5, 0.6) is 0 Å². The van der Waals surface area contributed by atoms with E-state index in [0.29, 0.717) is 5.56 Å². The Labute approximate surface area is 99.9 Å². The molecule has 2 heterocycles. The van der Waals surface area contributed by atoms with Crippen molar-refractivity contribution in [2.75, 3.05) is 0 Å². The van der Waals surface area contributed by atoms with Gasteiger partial charge >= 0.3 is 5.97 Å². The average Bonchev–Trinajstić information content (AvgIpc) is 2.28. The summed E-state index contributed by atoms with van der Waals surface area (Å²) in [6.07, 6.45) is 1.25. The molecule has 2 aromatic heterocycles. The lowest BCUT2D eigenvalue weighted by molar-refractivity contribution is 0.0690. The van der Waals surface area contributed by atoms with E-state index in [1.54, 1.807) is 0 Å². The number of carboxylic acid groups (broad SMARTS) is 1. The van der Waals surface area contributed by atoms with Gasteiger partial charge in [-0.1, -0.05) is 0 Å². The first-order chi connectivity index (χ1) is 8.06. The number of nitrogens with zero attached hydrogens (tertiary/aromatic N) is 3. The quantitative estimate of drug-likeness (QED) is 0.655. The van der Waals surface area contributed by atoms with Crippen LogP contribution < -0.4 is 0 Å². The SMILES string of the molecule is O=C(O)c1cc(-c2ccnc(F)c2)nc(Cl)n1. The standard InChI is InChI=1S/C10H5ClFN3O2/c11-10-14-6(4-7(15-10)9(16)17)5-1-2-13-8(12)3-5/h1-4H,(H,16,17). The number of hydrogen-bond acceptors (Lipinski definition) is 4. The molecule has 17 heavy (non-hydrogen) atoms. The van der Waals surface area contributed by atoms with E-state index < -0.39 is 11.9 Å². The van der Waals surface area contributed by atoms with Crippen LogP contribution in [0.3, 0.4) is 0 Å². The Kier molecular flexibility index (Phi) is 2.97. The number of carbonyl (C=O) groups is 1.